The minimum absolute atomic E-state index is 0.207. The molecule has 6 aliphatic rings. The Morgan fingerprint density at radius 2 is 1.66 bits per heavy atom. The molecule has 5 aliphatic carbocycles. The Morgan fingerprint density at radius 3 is 2.38 bits per heavy atom. The summed E-state index contributed by atoms with van der Waals surface area (Å²) in [5.41, 5.74) is -0.0659. The van der Waals surface area contributed by atoms with Gasteiger partial charge in [0.05, 0.1) is 18.2 Å². The first-order chi connectivity index (χ1) is 13.9. The van der Waals surface area contributed by atoms with E-state index in [-0.39, 0.29) is 23.0 Å². The number of carbonyl (C=O) groups excluding carboxylic acids is 1. The molecule has 4 heteroatoms. The molecule has 10 atom stereocenters. The predicted octanol–water partition coefficient (Wildman–Crippen LogP) is 3.25. The van der Waals surface area contributed by atoms with E-state index in [9.17, 15) is 15.0 Å². The van der Waals surface area contributed by atoms with Crippen LogP contribution in [0.15, 0.2) is 0 Å². The maximum absolute atomic E-state index is 13.3. The van der Waals surface area contributed by atoms with Crippen molar-refractivity contribution < 1.29 is 15.0 Å². The number of likely N-dealkylation sites (tertiary alicyclic amines) is 1. The van der Waals surface area contributed by atoms with E-state index in [2.05, 4.69) is 11.8 Å². The summed E-state index contributed by atoms with van der Waals surface area (Å²) in [5.74, 6) is 5.38. The zero-order valence-corrected chi connectivity index (χ0v) is 18.1. The molecule has 6 fully saturated rings. The molecule has 0 aromatic carbocycles. The zero-order chi connectivity index (χ0) is 20.0. The van der Waals surface area contributed by atoms with Crippen molar-refractivity contribution in [3.63, 3.8) is 0 Å². The van der Waals surface area contributed by atoms with Crippen LogP contribution in [0.3, 0.4) is 0 Å². The normalized spacial score (nSPS) is 56.2. The van der Waals surface area contributed by atoms with E-state index in [1.54, 1.807) is 0 Å². The van der Waals surface area contributed by atoms with Gasteiger partial charge in [0.1, 0.15) is 5.78 Å². The molecule has 1 heterocycles. The summed E-state index contributed by atoms with van der Waals surface area (Å²) in [6.45, 7) is 4.57. The Labute approximate surface area is 175 Å². The van der Waals surface area contributed by atoms with Crippen LogP contribution in [-0.2, 0) is 4.79 Å². The van der Waals surface area contributed by atoms with Crippen molar-refractivity contribution in [3.8, 4) is 0 Å². The summed E-state index contributed by atoms with van der Waals surface area (Å²) in [6, 6.07) is 0. The number of hydrogen-bond acceptors (Lipinski definition) is 4. The van der Waals surface area contributed by atoms with E-state index >= 15 is 0 Å². The molecule has 5 saturated carbocycles. The molecule has 2 unspecified atom stereocenters. The minimum Gasteiger partial charge on any atom is -0.392 e. The second-order valence-corrected chi connectivity index (χ2v) is 12.1. The number of carbonyl (C=O) groups is 1. The molecule has 29 heavy (non-hydrogen) atoms. The first-order valence-corrected chi connectivity index (χ1v) is 12.5. The Hall–Kier alpha value is -0.450. The molecule has 1 aliphatic heterocycles. The second kappa shape index (κ2) is 6.53. The molecule has 0 spiro atoms. The summed E-state index contributed by atoms with van der Waals surface area (Å²) in [4.78, 5) is 15.5. The van der Waals surface area contributed by atoms with Gasteiger partial charge in [0.15, 0.2) is 0 Å². The van der Waals surface area contributed by atoms with E-state index in [0.29, 0.717) is 24.8 Å². The second-order valence-electron chi connectivity index (χ2n) is 12.1. The lowest BCUT2D eigenvalue weighted by molar-refractivity contribution is -0.132. The number of Topliss-reactive ketones (excluding diaryl/α,β-unsaturated/α-hetero) is 1. The number of aliphatic hydroxyl groups excluding tert-OH is 1. The van der Waals surface area contributed by atoms with Crippen LogP contribution >= 0.6 is 0 Å². The summed E-state index contributed by atoms with van der Waals surface area (Å²) < 4.78 is 0. The highest BCUT2D eigenvalue weighted by atomic mass is 16.3. The lowest BCUT2D eigenvalue weighted by Crippen LogP contribution is -2.50. The summed E-state index contributed by atoms with van der Waals surface area (Å²) >= 11 is 0. The highest BCUT2D eigenvalue weighted by molar-refractivity contribution is 5.84. The summed E-state index contributed by atoms with van der Waals surface area (Å²) in [6.07, 6.45) is 11.5. The van der Waals surface area contributed by atoms with E-state index in [1.165, 1.54) is 38.5 Å². The van der Waals surface area contributed by atoms with Crippen LogP contribution in [0.1, 0.15) is 71.1 Å². The van der Waals surface area contributed by atoms with Crippen LogP contribution in [-0.4, -0.2) is 52.2 Å². The maximum Gasteiger partial charge on any atom is 0.150 e. The minimum atomic E-state index is -0.273. The van der Waals surface area contributed by atoms with E-state index < -0.39 is 0 Å². The Balaban J connectivity index is 1.16. The molecule has 4 nitrogen and oxygen atoms in total. The van der Waals surface area contributed by atoms with Crippen LogP contribution in [0.2, 0.25) is 0 Å². The highest BCUT2D eigenvalue weighted by Gasteiger charge is 2.65. The molecule has 0 bridgehead atoms. The fraction of sp³-hybridized carbons (Fsp3) is 0.960. The topological polar surface area (TPSA) is 60.8 Å². The Morgan fingerprint density at radius 1 is 0.931 bits per heavy atom. The van der Waals surface area contributed by atoms with Crippen LogP contribution in [0.4, 0.5) is 0 Å². The van der Waals surface area contributed by atoms with Crippen molar-refractivity contribution in [1.82, 2.24) is 4.90 Å². The Kier molecular flexibility index (Phi) is 4.33. The monoisotopic (exact) mass is 401 g/mol. The van der Waals surface area contributed by atoms with Gasteiger partial charge in [-0.3, -0.25) is 9.69 Å². The first-order valence-electron chi connectivity index (χ1n) is 12.5. The van der Waals surface area contributed by atoms with Gasteiger partial charge in [0, 0.05) is 19.0 Å². The van der Waals surface area contributed by atoms with E-state index in [0.717, 1.165) is 61.8 Å². The quantitative estimate of drug-likeness (QED) is 0.762. The maximum atomic E-state index is 13.3. The highest BCUT2D eigenvalue weighted by Crippen LogP contribution is 2.68. The van der Waals surface area contributed by atoms with Crippen molar-refractivity contribution in [2.75, 3.05) is 19.6 Å². The number of ketones is 1. The lowest BCUT2D eigenvalue weighted by Gasteiger charge is -2.56. The number of β-amino-alcohol motifs (C(OH)–C–C–N with tert-alkyl or cyclic N) is 1. The van der Waals surface area contributed by atoms with Crippen molar-refractivity contribution >= 4 is 5.78 Å². The van der Waals surface area contributed by atoms with Crippen molar-refractivity contribution in [1.29, 1.82) is 0 Å². The number of aliphatic hydroxyl groups is 2. The summed E-state index contributed by atoms with van der Waals surface area (Å²) in [7, 11) is 0. The van der Waals surface area contributed by atoms with Crippen LogP contribution < -0.4 is 0 Å². The average molecular weight is 402 g/mol. The largest absolute Gasteiger partial charge is 0.392 e. The van der Waals surface area contributed by atoms with Gasteiger partial charge in [-0.1, -0.05) is 6.92 Å². The van der Waals surface area contributed by atoms with Gasteiger partial charge in [0.25, 0.3) is 0 Å². The molecule has 6 rings (SSSR count). The molecule has 0 radical (unpaired) electrons. The number of hydrogen-bond donors (Lipinski definition) is 2. The smallest absolute Gasteiger partial charge is 0.150 e. The van der Waals surface area contributed by atoms with Gasteiger partial charge < -0.3 is 10.2 Å². The van der Waals surface area contributed by atoms with Crippen molar-refractivity contribution in [2.24, 2.45) is 46.8 Å². The molecule has 0 amide bonds. The van der Waals surface area contributed by atoms with Gasteiger partial charge in [-0.2, -0.15) is 0 Å². The predicted molar refractivity (Wildman–Crippen MR) is 111 cm³/mol. The van der Waals surface area contributed by atoms with Gasteiger partial charge >= 0.3 is 0 Å². The number of nitrogens with zero attached hydrogens (tertiary/aromatic N) is 1. The third kappa shape index (κ3) is 2.84. The molecule has 2 N–H and O–H groups in total. The molecule has 1 saturated heterocycles. The lowest BCUT2D eigenvalue weighted by atomic mass is 9.49. The fourth-order valence-corrected chi connectivity index (χ4v) is 9.50. The van der Waals surface area contributed by atoms with E-state index in [1.807, 2.05) is 0 Å². The van der Waals surface area contributed by atoms with Crippen LogP contribution in [0, 0.1) is 46.8 Å². The summed E-state index contributed by atoms with van der Waals surface area (Å²) in [5, 5.41) is 20.5. The molecular weight excluding hydrogens is 362 g/mol. The standard InChI is InChI=1S/C25H39NO3/c1-24-9-6-16-17-7-10-25(29)12-22(25)19(17)3-2-18(16)20(24)4-5-21(24)23(28)14-26-11-8-15(27)13-26/h15-22,27,29H,2-14H2,1H3/t15?,16-,17-,18-,19+,20+,21-,22?,24+,25+/m1/s1. The van der Waals surface area contributed by atoms with Gasteiger partial charge in [-0.25, -0.2) is 0 Å². The third-order valence-electron chi connectivity index (χ3n) is 11.0. The molecule has 162 valence electrons. The molecule has 0 aromatic rings. The van der Waals surface area contributed by atoms with Gasteiger partial charge in [-0.05, 0) is 105 Å². The number of rotatable bonds is 3. The Bertz CT molecular complexity index is 696. The zero-order valence-electron chi connectivity index (χ0n) is 18.1. The van der Waals surface area contributed by atoms with Gasteiger partial charge in [0.2, 0.25) is 0 Å². The van der Waals surface area contributed by atoms with Crippen LogP contribution in [0.5, 0.6) is 0 Å². The van der Waals surface area contributed by atoms with Gasteiger partial charge in [-0.15, -0.1) is 0 Å². The first kappa shape index (κ1) is 19.3. The third-order valence-corrected chi connectivity index (χ3v) is 11.0. The van der Waals surface area contributed by atoms with Crippen LogP contribution in [0.25, 0.3) is 0 Å². The van der Waals surface area contributed by atoms with Crippen molar-refractivity contribution in [2.45, 2.75) is 82.8 Å². The molecule has 0 aromatic heterocycles. The average Bonchev–Trinajstić information content (AvgIpc) is 3.02. The van der Waals surface area contributed by atoms with E-state index in [4.69, 9.17) is 0 Å². The fourth-order valence-electron chi connectivity index (χ4n) is 9.50. The number of fused-ring (bicyclic) bond motifs is 7. The SMILES string of the molecule is C[C@]12CC[C@@H]3[C@H]4CC[C@]5(O)CC5[C@H]4CC[C@H]3[C@@H]1CC[C@@H]2C(=O)CN1CCC(O)C1. The van der Waals surface area contributed by atoms with Crippen molar-refractivity contribution in [3.05, 3.63) is 0 Å². The molecular formula is C25H39NO3.